The molecule has 1 aromatic heterocycles. The first-order valence-corrected chi connectivity index (χ1v) is 6.28. The van der Waals surface area contributed by atoms with Gasteiger partial charge in [-0.25, -0.2) is 0 Å². The number of rotatable bonds is 1. The minimum Gasteiger partial charge on any atom is -0.384 e. The molecular weight excluding hydrogens is 268 g/mol. The van der Waals surface area contributed by atoms with E-state index in [0.29, 0.717) is 10.4 Å². The molecule has 0 atom stereocenters. The molecule has 7 heteroatoms. The summed E-state index contributed by atoms with van der Waals surface area (Å²) < 4.78 is 0. The Morgan fingerprint density at radius 2 is 2.11 bits per heavy atom. The Morgan fingerprint density at radius 1 is 1.42 bits per heavy atom. The summed E-state index contributed by atoms with van der Waals surface area (Å²) in [4.78, 5) is 36.3. The van der Waals surface area contributed by atoms with Crippen molar-refractivity contribution in [3.63, 3.8) is 0 Å². The second kappa shape index (κ2) is 5.65. The fraction of sp³-hybridized carbons (Fsp3) is 0.250. The lowest BCUT2D eigenvalue weighted by Gasteiger charge is -2.24. The molecule has 2 heterocycles. The van der Waals surface area contributed by atoms with Crippen LogP contribution in [0.15, 0.2) is 11.4 Å². The lowest BCUT2D eigenvalue weighted by atomic mass is 10.2. The number of amides is 3. The highest BCUT2D eigenvalue weighted by Crippen LogP contribution is 2.16. The molecule has 1 aromatic rings. The zero-order valence-electron chi connectivity index (χ0n) is 9.80. The fourth-order valence-corrected chi connectivity index (χ4v) is 2.35. The Hall–Kier alpha value is -2.17. The van der Waals surface area contributed by atoms with Gasteiger partial charge in [-0.1, -0.05) is 11.8 Å². The van der Waals surface area contributed by atoms with Gasteiger partial charge in [0.05, 0.1) is 10.4 Å². The summed E-state index contributed by atoms with van der Waals surface area (Å²) in [6.45, 7) is -0.502. The van der Waals surface area contributed by atoms with E-state index in [-0.39, 0.29) is 25.6 Å². The van der Waals surface area contributed by atoms with Crippen molar-refractivity contribution in [3.8, 4) is 11.8 Å². The standard InChI is InChI=1S/C12H10N2O4S/c15-3-1-2-9-4-8(7-19-9)12(18)14-5-10(16)13-11(17)6-14/h4,7,15H,3,5-6H2,(H,13,16,17). The first-order chi connectivity index (χ1) is 9.10. The maximum absolute atomic E-state index is 12.1. The van der Waals surface area contributed by atoms with Crippen LogP contribution in [0.2, 0.25) is 0 Å². The third-order valence-corrected chi connectivity index (χ3v) is 3.22. The van der Waals surface area contributed by atoms with Gasteiger partial charge < -0.3 is 10.0 Å². The van der Waals surface area contributed by atoms with E-state index in [2.05, 4.69) is 17.2 Å². The van der Waals surface area contributed by atoms with Gasteiger partial charge in [-0.3, -0.25) is 19.7 Å². The van der Waals surface area contributed by atoms with Gasteiger partial charge in [-0.05, 0) is 6.07 Å². The van der Waals surface area contributed by atoms with Crippen molar-refractivity contribution in [2.75, 3.05) is 19.7 Å². The summed E-state index contributed by atoms with van der Waals surface area (Å²) >= 11 is 1.27. The van der Waals surface area contributed by atoms with Gasteiger partial charge in [0.2, 0.25) is 11.8 Å². The third-order valence-electron chi connectivity index (χ3n) is 2.37. The van der Waals surface area contributed by atoms with E-state index in [9.17, 15) is 14.4 Å². The molecule has 0 saturated carbocycles. The zero-order valence-corrected chi connectivity index (χ0v) is 10.6. The van der Waals surface area contributed by atoms with Crippen molar-refractivity contribution in [2.45, 2.75) is 0 Å². The van der Waals surface area contributed by atoms with E-state index in [1.807, 2.05) is 0 Å². The molecule has 6 nitrogen and oxygen atoms in total. The van der Waals surface area contributed by atoms with Crippen molar-refractivity contribution >= 4 is 29.1 Å². The van der Waals surface area contributed by atoms with Crippen molar-refractivity contribution in [1.29, 1.82) is 0 Å². The van der Waals surface area contributed by atoms with E-state index in [1.54, 1.807) is 11.4 Å². The molecule has 0 radical (unpaired) electrons. The Labute approximate surface area is 113 Å². The highest BCUT2D eigenvalue weighted by Gasteiger charge is 2.27. The summed E-state index contributed by atoms with van der Waals surface area (Å²) in [7, 11) is 0. The Balaban J connectivity index is 2.13. The largest absolute Gasteiger partial charge is 0.384 e. The molecule has 98 valence electrons. The smallest absolute Gasteiger partial charge is 0.255 e. The van der Waals surface area contributed by atoms with Gasteiger partial charge in [0.25, 0.3) is 5.91 Å². The molecule has 0 bridgehead atoms. The SMILES string of the molecule is O=C1CN(C(=O)c2csc(C#CCO)c2)CC(=O)N1. The van der Waals surface area contributed by atoms with E-state index < -0.39 is 11.8 Å². The number of thiophene rings is 1. The molecule has 2 rings (SSSR count). The normalized spacial score (nSPS) is 14.7. The molecular formula is C12H10N2O4S. The molecule has 2 N–H and O–H groups in total. The maximum Gasteiger partial charge on any atom is 0.255 e. The highest BCUT2D eigenvalue weighted by molar-refractivity contribution is 7.10. The van der Waals surface area contributed by atoms with E-state index in [1.165, 1.54) is 16.2 Å². The van der Waals surface area contributed by atoms with E-state index >= 15 is 0 Å². The van der Waals surface area contributed by atoms with Crippen LogP contribution in [0, 0.1) is 11.8 Å². The number of aliphatic hydroxyl groups is 1. The minimum atomic E-state index is -0.486. The van der Waals surface area contributed by atoms with Gasteiger partial charge in [0, 0.05) is 5.38 Å². The molecule has 0 aromatic carbocycles. The van der Waals surface area contributed by atoms with Gasteiger partial charge in [-0.15, -0.1) is 11.3 Å². The number of carbonyl (C=O) groups is 3. The summed E-state index contributed by atoms with van der Waals surface area (Å²) in [5, 5.41) is 12.3. The van der Waals surface area contributed by atoms with Crippen LogP contribution in [0.25, 0.3) is 0 Å². The van der Waals surface area contributed by atoms with Gasteiger partial charge in [0.15, 0.2) is 0 Å². The average Bonchev–Trinajstić information content (AvgIpc) is 2.83. The van der Waals surface area contributed by atoms with Crippen molar-refractivity contribution in [2.24, 2.45) is 0 Å². The van der Waals surface area contributed by atoms with Crippen LogP contribution in [0.3, 0.4) is 0 Å². The summed E-state index contributed by atoms with van der Waals surface area (Å²) in [6, 6.07) is 1.58. The number of imide groups is 1. The van der Waals surface area contributed by atoms with Crippen LogP contribution < -0.4 is 5.32 Å². The molecule has 1 aliphatic heterocycles. The Bertz CT molecular complexity index is 580. The maximum atomic E-state index is 12.1. The number of hydrogen-bond donors (Lipinski definition) is 2. The summed E-state index contributed by atoms with van der Waals surface area (Å²) in [6.07, 6.45) is 0. The predicted molar refractivity (Wildman–Crippen MR) is 67.3 cm³/mol. The molecule has 0 spiro atoms. The van der Waals surface area contributed by atoms with Gasteiger partial charge >= 0.3 is 0 Å². The number of nitrogens with one attached hydrogen (secondary N) is 1. The first kappa shape index (κ1) is 13.3. The number of carbonyl (C=O) groups excluding carboxylic acids is 3. The van der Waals surface area contributed by atoms with Crippen LogP contribution in [0.5, 0.6) is 0 Å². The lowest BCUT2D eigenvalue weighted by Crippen LogP contribution is -2.53. The molecule has 1 fully saturated rings. The summed E-state index contributed by atoms with van der Waals surface area (Å²) in [5.41, 5.74) is 0.384. The van der Waals surface area contributed by atoms with Crippen LogP contribution in [-0.2, 0) is 9.59 Å². The summed E-state index contributed by atoms with van der Waals surface area (Å²) in [5.74, 6) is 3.82. The van der Waals surface area contributed by atoms with Crippen LogP contribution in [0.1, 0.15) is 15.2 Å². The van der Waals surface area contributed by atoms with Crippen LogP contribution in [-0.4, -0.2) is 47.4 Å². The molecule has 0 unspecified atom stereocenters. The molecule has 0 aliphatic carbocycles. The fourth-order valence-electron chi connectivity index (χ4n) is 1.60. The topological polar surface area (TPSA) is 86.7 Å². The number of nitrogens with zero attached hydrogens (tertiary/aromatic N) is 1. The van der Waals surface area contributed by atoms with Crippen molar-refractivity contribution in [3.05, 3.63) is 21.9 Å². The average molecular weight is 278 g/mol. The number of piperazine rings is 1. The van der Waals surface area contributed by atoms with Gasteiger partial charge in [0.1, 0.15) is 19.7 Å². The highest BCUT2D eigenvalue weighted by atomic mass is 32.1. The van der Waals surface area contributed by atoms with Crippen LogP contribution >= 0.6 is 11.3 Å². The van der Waals surface area contributed by atoms with E-state index in [4.69, 9.17) is 5.11 Å². The number of hydrogen-bond acceptors (Lipinski definition) is 5. The van der Waals surface area contributed by atoms with Crippen molar-refractivity contribution < 1.29 is 19.5 Å². The lowest BCUT2D eigenvalue weighted by molar-refractivity contribution is -0.135. The first-order valence-electron chi connectivity index (χ1n) is 5.40. The Morgan fingerprint density at radius 3 is 2.74 bits per heavy atom. The van der Waals surface area contributed by atoms with Crippen LogP contribution in [0.4, 0.5) is 0 Å². The molecule has 1 saturated heterocycles. The molecule has 1 aliphatic rings. The van der Waals surface area contributed by atoms with Gasteiger partial charge in [-0.2, -0.15) is 0 Å². The second-order valence-corrected chi connectivity index (χ2v) is 4.70. The Kier molecular flexibility index (Phi) is 3.94. The third kappa shape index (κ3) is 3.19. The molecule has 19 heavy (non-hydrogen) atoms. The zero-order chi connectivity index (χ0) is 13.8. The van der Waals surface area contributed by atoms with Crippen molar-refractivity contribution in [1.82, 2.24) is 10.2 Å². The quantitative estimate of drug-likeness (QED) is 0.519. The monoisotopic (exact) mass is 278 g/mol. The number of aliphatic hydroxyl groups excluding tert-OH is 1. The predicted octanol–water partition coefficient (Wildman–Crippen LogP) is -0.809. The minimum absolute atomic E-state index is 0.127. The molecule has 3 amide bonds. The second-order valence-electron chi connectivity index (χ2n) is 3.79. The van der Waals surface area contributed by atoms with E-state index in [0.717, 1.165) is 0 Å².